The first-order valence-corrected chi connectivity index (χ1v) is 10.7. The summed E-state index contributed by atoms with van der Waals surface area (Å²) in [6.07, 6.45) is 1.51. The third kappa shape index (κ3) is 5.20. The van der Waals surface area contributed by atoms with Gasteiger partial charge in [0, 0.05) is 18.2 Å². The van der Waals surface area contributed by atoms with Gasteiger partial charge in [0.1, 0.15) is 22.2 Å². The molecular weight excluding hydrogens is 486 g/mol. The molecule has 0 bridgehead atoms. The van der Waals surface area contributed by atoms with Gasteiger partial charge in [-0.05, 0) is 70.5 Å². The predicted molar refractivity (Wildman–Crippen MR) is 122 cm³/mol. The van der Waals surface area contributed by atoms with E-state index in [9.17, 15) is 15.0 Å². The van der Waals surface area contributed by atoms with E-state index >= 15 is 0 Å². The number of aromatic nitrogens is 3. The summed E-state index contributed by atoms with van der Waals surface area (Å²) < 4.78 is 13.0. The number of carboxylic acid groups (broad SMARTS) is 1. The van der Waals surface area contributed by atoms with Gasteiger partial charge in [-0.15, -0.1) is 10.2 Å². The maximum Gasteiger partial charge on any atom is 0.342 e. The number of benzene rings is 2. The van der Waals surface area contributed by atoms with E-state index in [1.807, 2.05) is 23.6 Å². The van der Waals surface area contributed by atoms with Crippen LogP contribution in [0.3, 0.4) is 0 Å². The van der Waals surface area contributed by atoms with Crippen LogP contribution in [0.5, 0.6) is 17.2 Å². The number of thioether (sulfide) groups is 1. The SMILES string of the molecule is CCn1c(S/C(=C\c2ccc(O)c(Br)c2)C(=O)O)nnc1-c1cc(OC)cc(OC)c1. The van der Waals surface area contributed by atoms with Gasteiger partial charge in [-0.1, -0.05) is 6.07 Å². The highest BCUT2D eigenvalue weighted by atomic mass is 79.9. The van der Waals surface area contributed by atoms with E-state index in [0.29, 0.717) is 39.1 Å². The highest BCUT2D eigenvalue weighted by molar-refractivity contribution is 9.10. The molecule has 31 heavy (non-hydrogen) atoms. The monoisotopic (exact) mass is 505 g/mol. The lowest BCUT2D eigenvalue weighted by Crippen LogP contribution is -2.03. The highest BCUT2D eigenvalue weighted by Gasteiger charge is 2.19. The van der Waals surface area contributed by atoms with E-state index in [-0.39, 0.29) is 10.7 Å². The average Bonchev–Trinajstić information content (AvgIpc) is 3.17. The third-order valence-corrected chi connectivity index (χ3v) is 5.96. The lowest BCUT2D eigenvalue weighted by atomic mass is 10.2. The van der Waals surface area contributed by atoms with Crippen molar-refractivity contribution in [3.63, 3.8) is 0 Å². The Kier molecular flexibility index (Phi) is 7.24. The van der Waals surface area contributed by atoms with Crippen molar-refractivity contribution in [1.29, 1.82) is 0 Å². The first kappa shape index (κ1) is 22.7. The van der Waals surface area contributed by atoms with E-state index in [1.54, 1.807) is 32.4 Å². The van der Waals surface area contributed by atoms with Gasteiger partial charge in [-0.25, -0.2) is 4.79 Å². The number of hydrogen-bond acceptors (Lipinski definition) is 7. The zero-order valence-electron chi connectivity index (χ0n) is 17.0. The van der Waals surface area contributed by atoms with Crippen molar-refractivity contribution in [2.24, 2.45) is 0 Å². The van der Waals surface area contributed by atoms with E-state index < -0.39 is 5.97 Å². The number of halogens is 1. The summed E-state index contributed by atoms with van der Waals surface area (Å²) in [7, 11) is 3.13. The third-order valence-electron chi connectivity index (χ3n) is 4.32. The topological polar surface area (TPSA) is 107 Å². The lowest BCUT2D eigenvalue weighted by Gasteiger charge is -2.10. The van der Waals surface area contributed by atoms with Gasteiger partial charge in [0.05, 0.1) is 18.7 Å². The maximum absolute atomic E-state index is 11.9. The molecule has 1 heterocycles. The summed E-state index contributed by atoms with van der Waals surface area (Å²) in [5.74, 6) is 0.769. The average molecular weight is 506 g/mol. The second kappa shape index (κ2) is 9.88. The molecule has 3 aromatic rings. The highest BCUT2D eigenvalue weighted by Crippen LogP contribution is 2.34. The molecule has 2 aromatic carbocycles. The fraction of sp³-hybridized carbons (Fsp3) is 0.190. The van der Waals surface area contributed by atoms with Gasteiger partial charge < -0.3 is 24.3 Å². The van der Waals surface area contributed by atoms with Crippen LogP contribution in [0.1, 0.15) is 12.5 Å². The molecule has 2 N–H and O–H groups in total. The van der Waals surface area contributed by atoms with E-state index in [4.69, 9.17) is 9.47 Å². The van der Waals surface area contributed by atoms with Crippen molar-refractivity contribution in [1.82, 2.24) is 14.8 Å². The summed E-state index contributed by atoms with van der Waals surface area (Å²) in [6.45, 7) is 2.46. The minimum atomic E-state index is -1.09. The summed E-state index contributed by atoms with van der Waals surface area (Å²) in [4.78, 5) is 11.9. The number of ether oxygens (including phenoxy) is 2. The molecule has 0 spiro atoms. The number of carbonyl (C=O) groups is 1. The van der Waals surface area contributed by atoms with Crippen LogP contribution in [-0.4, -0.2) is 45.2 Å². The molecule has 0 radical (unpaired) electrons. The molecule has 0 saturated heterocycles. The van der Waals surface area contributed by atoms with Gasteiger partial charge in [0.15, 0.2) is 11.0 Å². The Labute approximate surface area is 191 Å². The van der Waals surface area contributed by atoms with E-state index in [1.165, 1.54) is 12.1 Å². The van der Waals surface area contributed by atoms with Crippen molar-refractivity contribution < 1.29 is 24.5 Å². The van der Waals surface area contributed by atoms with Crippen LogP contribution >= 0.6 is 27.7 Å². The van der Waals surface area contributed by atoms with Crippen LogP contribution in [0.25, 0.3) is 17.5 Å². The predicted octanol–water partition coefficient (Wildman–Crippen LogP) is 4.67. The fourth-order valence-electron chi connectivity index (χ4n) is 2.80. The van der Waals surface area contributed by atoms with Crippen LogP contribution in [0.2, 0.25) is 0 Å². The zero-order valence-corrected chi connectivity index (χ0v) is 19.4. The normalized spacial score (nSPS) is 11.4. The van der Waals surface area contributed by atoms with Gasteiger partial charge in [-0.3, -0.25) is 0 Å². The zero-order chi connectivity index (χ0) is 22.5. The maximum atomic E-state index is 11.9. The Morgan fingerprint density at radius 2 is 1.84 bits per heavy atom. The van der Waals surface area contributed by atoms with Crippen LogP contribution in [0.4, 0.5) is 0 Å². The number of nitrogens with zero attached hydrogens (tertiary/aromatic N) is 3. The standard InChI is InChI=1S/C21H20BrN3O5S/c1-4-25-19(13-9-14(29-2)11-15(10-13)30-3)23-24-21(25)31-18(20(27)28)8-12-5-6-17(26)16(22)7-12/h5-11,26H,4H2,1-3H3,(H,27,28)/b18-8-. The Morgan fingerprint density at radius 3 is 2.39 bits per heavy atom. The molecular formula is C21H20BrN3O5S. The van der Waals surface area contributed by atoms with Crippen LogP contribution in [0, 0.1) is 0 Å². The Balaban J connectivity index is 2.00. The molecule has 1 aromatic heterocycles. The first-order chi connectivity index (χ1) is 14.9. The van der Waals surface area contributed by atoms with Crippen molar-refractivity contribution >= 4 is 39.7 Å². The van der Waals surface area contributed by atoms with Crippen molar-refractivity contribution in [2.45, 2.75) is 18.6 Å². The minimum Gasteiger partial charge on any atom is -0.507 e. The molecule has 0 unspecified atom stereocenters. The van der Waals surface area contributed by atoms with Crippen LogP contribution in [-0.2, 0) is 11.3 Å². The van der Waals surface area contributed by atoms with E-state index in [2.05, 4.69) is 26.1 Å². The number of rotatable bonds is 8. The van der Waals surface area contributed by atoms with Gasteiger partial charge in [0.2, 0.25) is 0 Å². The van der Waals surface area contributed by atoms with Gasteiger partial charge in [-0.2, -0.15) is 0 Å². The largest absolute Gasteiger partial charge is 0.507 e. The second-order valence-electron chi connectivity index (χ2n) is 6.28. The molecule has 0 fully saturated rings. The molecule has 10 heteroatoms. The second-order valence-corrected chi connectivity index (χ2v) is 8.14. The minimum absolute atomic E-state index is 0.0643. The molecule has 3 rings (SSSR count). The number of phenolic OH excluding ortho intramolecular Hbond substituents is 1. The van der Waals surface area contributed by atoms with Crippen LogP contribution in [0.15, 0.2) is 50.9 Å². The molecule has 8 nitrogen and oxygen atoms in total. The van der Waals surface area contributed by atoms with Crippen molar-refractivity contribution in [3.8, 4) is 28.6 Å². The molecule has 0 aliphatic carbocycles. The summed E-state index contributed by atoms with van der Waals surface area (Å²) in [5, 5.41) is 28.3. The molecule has 0 amide bonds. The van der Waals surface area contributed by atoms with Crippen molar-refractivity contribution in [2.75, 3.05) is 14.2 Å². The molecule has 0 saturated carbocycles. The summed E-state index contributed by atoms with van der Waals surface area (Å²) >= 11 is 4.23. The quantitative estimate of drug-likeness (QED) is 0.336. The van der Waals surface area contributed by atoms with Crippen LogP contribution < -0.4 is 9.47 Å². The Hall–Kier alpha value is -2.98. The number of phenols is 1. The smallest absolute Gasteiger partial charge is 0.342 e. The molecule has 0 aliphatic heterocycles. The number of carboxylic acids is 1. The van der Waals surface area contributed by atoms with E-state index in [0.717, 1.165) is 17.3 Å². The molecule has 0 atom stereocenters. The van der Waals surface area contributed by atoms with Gasteiger partial charge in [0.25, 0.3) is 0 Å². The number of methoxy groups -OCH3 is 2. The number of aromatic hydroxyl groups is 1. The summed E-state index contributed by atoms with van der Waals surface area (Å²) in [5.41, 5.74) is 1.36. The number of hydrogen-bond donors (Lipinski definition) is 2. The Morgan fingerprint density at radius 1 is 1.16 bits per heavy atom. The Bertz CT molecular complexity index is 1120. The number of aliphatic carboxylic acids is 1. The lowest BCUT2D eigenvalue weighted by molar-refractivity contribution is -0.131. The summed E-state index contributed by atoms with van der Waals surface area (Å²) in [6, 6.07) is 10.1. The fourth-order valence-corrected chi connectivity index (χ4v) is 4.08. The van der Waals surface area contributed by atoms with Gasteiger partial charge >= 0.3 is 5.97 Å². The molecule has 0 aliphatic rings. The molecule has 162 valence electrons. The first-order valence-electron chi connectivity index (χ1n) is 9.14. The van der Waals surface area contributed by atoms with Crippen molar-refractivity contribution in [3.05, 3.63) is 51.3 Å².